The molecule has 0 aliphatic carbocycles. The molecular weight excluding hydrogens is 328 g/mol. The molecule has 0 spiro atoms. The predicted octanol–water partition coefficient (Wildman–Crippen LogP) is 6.62. The van der Waals surface area contributed by atoms with Gasteiger partial charge >= 0.3 is 0 Å². The average Bonchev–Trinajstić information content (AvgIpc) is 3.06. The van der Waals surface area contributed by atoms with Crippen LogP contribution in [0.25, 0.3) is 11.3 Å². The molecule has 0 radical (unpaired) electrons. The van der Waals surface area contributed by atoms with Crippen molar-refractivity contribution < 1.29 is 4.79 Å². The van der Waals surface area contributed by atoms with Crippen LogP contribution in [0.15, 0.2) is 29.6 Å². The van der Waals surface area contributed by atoms with Crippen LogP contribution in [0.1, 0.15) is 77.2 Å². The third-order valence-corrected chi connectivity index (χ3v) is 5.14. The Bertz CT molecular complexity index is 646. The number of carbonyl (C=O) groups is 1. The molecule has 2 rings (SSSR count). The highest BCUT2D eigenvalue weighted by molar-refractivity contribution is 7.14. The topological polar surface area (TPSA) is 42.0 Å². The molecule has 3 nitrogen and oxygen atoms in total. The molecule has 0 aliphatic rings. The molecule has 1 aromatic carbocycles. The number of thiazole rings is 1. The molecule has 0 saturated heterocycles. The van der Waals surface area contributed by atoms with E-state index in [0.29, 0.717) is 17.5 Å². The molecule has 4 heteroatoms. The molecule has 0 atom stereocenters. The standard InChI is InChI=1S/C21H30N2OS/c1-4-5-6-7-8-9-10-20(24)23-21-22-19(15-25-21)18-13-11-17(12-14-18)16(2)3/h11-16H,4-10H2,1-3H3,(H,22,23,24). The quantitative estimate of drug-likeness (QED) is 0.485. The van der Waals surface area contributed by atoms with E-state index in [1.165, 1.54) is 42.6 Å². The molecule has 1 N–H and O–H groups in total. The normalized spacial score (nSPS) is 11.0. The van der Waals surface area contributed by atoms with Crippen molar-refractivity contribution in [3.63, 3.8) is 0 Å². The summed E-state index contributed by atoms with van der Waals surface area (Å²) in [5, 5.41) is 5.63. The highest BCUT2D eigenvalue weighted by Gasteiger charge is 2.08. The maximum atomic E-state index is 12.0. The van der Waals surface area contributed by atoms with Gasteiger partial charge in [-0.25, -0.2) is 4.98 Å². The molecule has 1 heterocycles. The lowest BCUT2D eigenvalue weighted by Crippen LogP contribution is -2.10. The van der Waals surface area contributed by atoms with Gasteiger partial charge in [-0.3, -0.25) is 4.79 Å². The van der Waals surface area contributed by atoms with Gasteiger partial charge in [0.25, 0.3) is 0 Å². The first-order valence-electron chi connectivity index (χ1n) is 9.46. The van der Waals surface area contributed by atoms with Crippen LogP contribution in [0.5, 0.6) is 0 Å². The molecule has 0 unspecified atom stereocenters. The highest BCUT2D eigenvalue weighted by Crippen LogP contribution is 2.26. The first-order valence-corrected chi connectivity index (χ1v) is 10.3. The van der Waals surface area contributed by atoms with Gasteiger partial charge in [0.1, 0.15) is 0 Å². The van der Waals surface area contributed by atoms with Gasteiger partial charge in [0, 0.05) is 17.4 Å². The van der Waals surface area contributed by atoms with E-state index in [1.54, 1.807) is 0 Å². The summed E-state index contributed by atoms with van der Waals surface area (Å²) in [4.78, 5) is 16.6. The molecule has 2 aromatic rings. The zero-order chi connectivity index (χ0) is 18.1. The van der Waals surface area contributed by atoms with Crippen LogP contribution in [-0.4, -0.2) is 10.9 Å². The number of hydrogen-bond acceptors (Lipinski definition) is 3. The lowest BCUT2D eigenvalue weighted by molar-refractivity contribution is -0.116. The molecule has 0 saturated carbocycles. The first-order chi connectivity index (χ1) is 12.1. The van der Waals surface area contributed by atoms with Crippen molar-refractivity contribution in [2.45, 2.75) is 71.6 Å². The van der Waals surface area contributed by atoms with Crippen molar-refractivity contribution in [2.24, 2.45) is 0 Å². The smallest absolute Gasteiger partial charge is 0.226 e. The Morgan fingerprint density at radius 2 is 1.76 bits per heavy atom. The van der Waals surface area contributed by atoms with Crippen molar-refractivity contribution >= 4 is 22.4 Å². The number of aromatic nitrogens is 1. The van der Waals surface area contributed by atoms with Crippen LogP contribution < -0.4 is 5.32 Å². The Labute approximate surface area is 155 Å². The van der Waals surface area contributed by atoms with E-state index in [2.05, 4.69) is 55.3 Å². The van der Waals surface area contributed by atoms with Crippen molar-refractivity contribution in [1.82, 2.24) is 4.98 Å². The summed E-state index contributed by atoms with van der Waals surface area (Å²) in [6, 6.07) is 8.50. The number of carbonyl (C=O) groups excluding carboxylic acids is 1. The molecule has 1 aromatic heterocycles. The molecule has 0 aliphatic heterocycles. The Hall–Kier alpha value is -1.68. The van der Waals surface area contributed by atoms with Crippen LogP contribution in [0.2, 0.25) is 0 Å². The maximum Gasteiger partial charge on any atom is 0.226 e. The summed E-state index contributed by atoms with van der Waals surface area (Å²) >= 11 is 1.49. The number of amides is 1. The van der Waals surface area contributed by atoms with Gasteiger partial charge in [-0.15, -0.1) is 11.3 Å². The second-order valence-electron chi connectivity index (χ2n) is 6.88. The van der Waals surface area contributed by atoms with Crippen molar-refractivity contribution in [1.29, 1.82) is 0 Å². The van der Waals surface area contributed by atoms with Gasteiger partial charge in [-0.1, -0.05) is 77.1 Å². The zero-order valence-corrected chi connectivity index (χ0v) is 16.5. The average molecular weight is 359 g/mol. The van der Waals surface area contributed by atoms with Gasteiger partial charge < -0.3 is 5.32 Å². The molecular formula is C21H30N2OS. The summed E-state index contributed by atoms with van der Waals surface area (Å²) in [6.07, 6.45) is 7.76. The molecule has 1 amide bonds. The van der Waals surface area contributed by atoms with Crippen LogP contribution in [0, 0.1) is 0 Å². The summed E-state index contributed by atoms with van der Waals surface area (Å²) < 4.78 is 0. The summed E-state index contributed by atoms with van der Waals surface area (Å²) in [6.45, 7) is 6.60. The van der Waals surface area contributed by atoms with Crippen LogP contribution in [0.3, 0.4) is 0 Å². The Kier molecular flexibility index (Phi) is 8.13. The van der Waals surface area contributed by atoms with E-state index in [9.17, 15) is 4.79 Å². The van der Waals surface area contributed by atoms with Crippen LogP contribution >= 0.6 is 11.3 Å². The number of hydrogen-bond donors (Lipinski definition) is 1. The Morgan fingerprint density at radius 3 is 2.44 bits per heavy atom. The number of rotatable bonds is 10. The lowest BCUT2D eigenvalue weighted by Gasteiger charge is -2.05. The SMILES string of the molecule is CCCCCCCCC(=O)Nc1nc(-c2ccc(C(C)C)cc2)cs1. The third-order valence-electron chi connectivity index (χ3n) is 4.38. The highest BCUT2D eigenvalue weighted by atomic mass is 32.1. The third kappa shape index (κ3) is 6.62. The monoisotopic (exact) mass is 358 g/mol. The number of nitrogens with zero attached hydrogens (tertiary/aromatic N) is 1. The second-order valence-corrected chi connectivity index (χ2v) is 7.74. The van der Waals surface area contributed by atoms with Gasteiger partial charge in [0.15, 0.2) is 5.13 Å². The van der Waals surface area contributed by atoms with Gasteiger partial charge in [0.2, 0.25) is 5.91 Å². The zero-order valence-electron chi connectivity index (χ0n) is 15.7. The maximum absolute atomic E-state index is 12.0. The first kappa shape index (κ1) is 19.6. The Balaban J connectivity index is 1.79. The van der Waals surface area contributed by atoms with E-state index in [-0.39, 0.29) is 5.91 Å². The van der Waals surface area contributed by atoms with E-state index >= 15 is 0 Å². The Morgan fingerprint density at radius 1 is 1.08 bits per heavy atom. The van der Waals surface area contributed by atoms with E-state index in [1.807, 2.05) is 5.38 Å². The number of benzene rings is 1. The molecule has 25 heavy (non-hydrogen) atoms. The van der Waals surface area contributed by atoms with Crippen LogP contribution in [-0.2, 0) is 4.79 Å². The summed E-state index contributed by atoms with van der Waals surface area (Å²) in [5.74, 6) is 0.604. The summed E-state index contributed by atoms with van der Waals surface area (Å²) in [5.41, 5.74) is 3.35. The lowest BCUT2D eigenvalue weighted by atomic mass is 10.0. The minimum absolute atomic E-state index is 0.0755. The van der Waals surface area contributed by atoms with Crippen molar-refractivity contribution in [3.05, 3.63) is 35.2 Å². The fourth-order valence-electron chi connectivity index (χ4n) is 2.75. The van der Waals surface area contributed by atoms with Crippen LogP contribution in [0.4, 0.5) is 5.13 Å². The van der Waals surface area contributed by atoms with Crippen molar-refractivity contribution in [3.8, 4) is 11.3 Å². The van der Waals surface area contributed by atoms with E-state index < -0.39 is 0 Å². The van der Waals surface area contributed by atoms with Gasteiger partial charge in [0.05, 0.1) is 5.69 Å². The fraction of sp³-hybridized carbons (Fsp3) is 0.524. The molecule has 0 fully saturated rings. The van der Waals surface area contributed by atoms with Gasteiger partial charge in [-0.2, -0.15) is 0 Å². The predicted molar refractivity (Wildman–Crippen MR) is 108 cm³/mol. The van der Waals surface area contributed by atoms with Gasteiger partial charge in [-0.05, 0) is 17.9 Å². The number of anilines is 1. The summed E-state index contributed by atoms with van der Waals surface area (Å²) in [7, 11) is 0. The largest absolute Gasteiger partial charge is 0.302 e. The second kappa shape index (κ2) is 10.3. The molecule has 0 bridgehead atoms. The molecule has 136 valence electrons. The van der Waals surface area contributed by atoms with E-state index in [0.717, 1.165) is 24.1 Å². The van der Waals surface area contributed by atoms with Crippen molar-refractivity contribution in [2.75, 3.05) is 5.32 Å². The number of nitrogens with one attached hydrogen (secondary N) is 1. The number of unbranched alkanes of at least 4 members (excludes halogenated alkanes) is 5. The minimum Gasteiger partial charge on any atom is -0.302 e. The fourth-order valence-corrected chi connectivity index (χ4v) is 3.49. The van der Waals surface area contributed by atoms with E-state index in [4.69, 9.17) is 0 Å². The minimum atomic E-state index is 0.0755.